The number of aromatic nitrogens is 3. The van der Waals surface area contributed by atoms with Gasteiger partial charge in [0.2, 0.25) is 0 Å². The lowest BCUT2D eigenvalue weighted by atomic mass is 10.1. The van der Waals surface area contributed by atoms with E-state index in [4.69, 9.17) is 5.73 Å². The Hall–Kier alpha value is -3.43. The monoisotopic (exact) mass is 393 g/mol. The Labute approximate surface area is 157 Å². The third-order valence-corrected chi connectivity index (χ3v) is 3.97. The van der Waals surface area contributed by atoms with E-state index >= 15 is 0 Å². The van der Waals surface area contributed by atoms with Crippen LogP contribution in [-0.4, -0.2) is 20.7 Å². The average molecular weight is 393 g/mol. The van der Waals surface area contributed by atoms with Gasteiger partial charge in [0.1, 0.15) is 28.7 Å². The van der Waals surface area contributed by atoms with Crippen LogP contribution in [0.3, 0.4) is 0 Å². The summed E-state index contributed by atoms with van der Waals surface area (Å²) in [4.78, 5) is 16.2. The summed E-state index contributed by atoms with van der Waals surface area (Å²) in [5.74, 6) is -1.45. The van der Waals surface area contributed by atoms with Gasteiger partial charge in [0.05, 0.1) is 11.3 Å². The third-order valence-electron chi connectivity index (χ3n) is 3.97. The summed E-state index contributed by atoms with van der Waals surface area (Å²) < 4.78 is 53.0. The zero-order valence-electron chi connectivity index (χ0n) is 14.6. The minimum absolute atomic E-state index is 0.00690. The number of pyridine rings is 1. The van der Waals surface area contributed by atoms with Crippen LogP contribution < -0.4 is 11.1 Å². The molecule has 0 spiro atoms. The van der Waals surface area contributed by atoms with Gasteiger partial charge in [0.15, 0.2) is 0 Å². The number of hydrogen-bond acceptors (Lipinski definition) is 4. The lowest BCUT2D eigenvalue weighted by Crippen LogP contribution is -2.16. The number of nitrogens with two attached hydrogens (primary N) is 1. The molecule has 3 aromatic rings. The molecule has 0 saturated carbocycles. The first-order chi connectivity index (χ1) is 13.2. The topological polar surface area (TPSA) is 85.8 Å². The fraction of sp³-hybridized carbons (Fsp3) is 0.167. The molecule has 146 valence electrons. The average Bonchev–Trinajstić information content (AvgIpc) is 2.98. The molecule has 3 N–H and O–H groups in total. The summed E-state index contributed by atoms with van der Waals surface area (Å²) in [6, 6.07) is 7.62. The lowest BCUT2D eigenvalue weighted by molar-refractivity contribution is -0.137. The molecule has 0 aliphatic rings. The Morgan fingerprint density at radius 1 is 1.21 bits per heavy atom. The van der Waals surface area contributed by atoms with Crippen molar-refractivity contribution in [3.8, 4) is 5.69 Å². The molecule has 0 aliphatic carbocycles. The molecule has 28 heavy (non-hydrogen) atoms. The van der Waals surface area contributed by atoms with Gasteiger partial charge in [0.25, 0.3) is 5.91 Å². The number of rotatable bonds is 4. The molecular formula is C18H15F4N5O. The van der Waals surface area contributed by atoms with Crippen LogP contribution in [0, 0.1) is 5.82 Å². The summed E-state index contributed by atoms with van der Waals surface area (Å²) in [6.07, 6.45) is -3.59. The molecule has 0 fully saturated rings. The maximum Gasteiger partial charge on any atom is 0.417 e. The molecule has 2 heterocycles. The number of nitrogens with zero attached hydrogens (tertiary/aromatic N) is 3. The van der Waals surface area contributed by atoms with Crippen LogP contribution in [0.5, 0.6) is 0 Å². The van der Waals surface area contributed by atoms with Gasteiger partial charge in [-0.2, -0.15) is 18.3 Å². The molecule has 10 heteroatoms. The fourth-order valence-electron chi connectivity index (χ4n) is 2.59. The highest BCUT2D eigenvalue weighted by Gasteiger charge is 2.31. The van der Waals surface area contributed by atoms with Gasteiger partial charge in [-0.05, 0) is 30.7 Å². The van der Waals surface area contributed by atoms with Crippen LogP contribution in [0.25, 0.3) is 5.69 Å². The number of nitrogen functional groups attached to an aromatic ring is 1. The first-order valence-electron chi connectivity index (χ1n) is 8.19. The maximum atomic E-state index is 14.1. The van der Waals surface area contributed by atoms with Crippen LogP contribution in [-0.2, 0) is 12.6 Å². The summed E-state index contributed by atoms with van der Waals surface area (Å²) in [7, 11) is 0. The smallest absolute Gasteiger partial charge is 0.383 e. The number of carbonyl (C=O) groups is 1. The van der Waals surface area contributed by atoms with Gasteiger partial charge >= 0.3 is 6.18 Å². The summed E-state index contributed by atoms with van der Waals surface area (Å²) in [5.41, 5.74) is 5.47. The van der Waals surface area contributed by atoms with Gasteiger partial charge in [-0.25, -0.2) is 14.1 Å². The second kappa shape index (κ2) is 7.29. The fourth-order valence-corrected chi connectivity index (χ4v) is 2.59. The van der Waals surface area contributed by atoms with E-state index < -0.39 is 23.5 Å². The van der Waals surface area contributed by atoms with Crippen LogP contribution >= 0.6 is 0 Å². The van der Waals surface area contributed by atoms with Crippen molar-refractivity contribution in [1.29, 1.82) is 0 Å². The number of anilines is 2. The van der Waals surface area contributed by atoms with E-state index in [0.29, 0.717) is 18.3 Å². The summed E-state index contributed by atoms with van der Waals surface area (Å²) in [6.45, 7) is 1.74. The number of alkyl halides is 3. The minimum Gasteiger partial charge on any atom is -0.383 e. The minimum atomic E-state index is -4.53. The van der Waals surface area contributed by atoms with Crippen molar-refractivity contribution in [2.45, 2.75) is 19.5 Å². The molecule has 0 aliphatic heterocycles. The van der Waals surface area contributed by atoms with E-state index in [0.717, 1.165) is 16.8 Å². The standard InChI is InChI=1S/C18H15F4N5O/c1-2-12-15(16(23)27(26-12)13-6-4-3-5-11(13)19)17(28)25-14-8-7-10(9-24-14)18(20,21)22/h3-9H,2,23H2,1H3,(H,24,25,28). The number of halogens is 4. The van der Waals surface area contributed by atoms with Crippen LogP contribution in [0.2, 0.25) is 0 Å². The van der Waals surface area contributed by atoms with E-state index in [-0.39, 0.29) is 22.9 Å². The van der Waals surface area contributed by atoms with Crippen molar-refractivity contribution < 1.29 is 22.4 Å². The second-order valence-corrected chi connectivity index (χ2v) is 5.81. The first kappa shape index (κ1) is 19.3. The molecular weight excluding hydrogens is 378 g/mol. The predicted octanol–water partition coefficient (Wildman–Crippen LogP) is 3.82. The number of carbonyl (C=O) groups excluding carboxylic acids is 1. The van der Waals surface area contributed by atoms with Gasteiger partial charge in [-0.3, -0.25) is 4.79 Å². The number of hydrogen-bond donors (Lipinski definition) is 2. The van der Waals surface area contributed by atoms with Crippen molar-refractivity contribution in [3.63, 3.8) is 0 Å². The Kier molecular flexibility index (Phi) is 5.04. The molecule has 0 bridgehead atoms. The van der Waals surface area contributed by atoms with Gasteiger partial charge in [0, 0.05) is 6.20 Å². The summed E-state index contributed by atoms with van der Waals surface area (Å²) >= 11 is 0. The zero-order valence-corrected chi connectivity index (χ0v) is 14.6. The molecule has 0 saturated heterocycles. The van der Waals surface area contributed by atoms with E-state index in [1.165, 1.54) is 18.2 Å². The normalized spacial score (nSPS) is 11.5. The Balaban J connectivity index is 1.93. The highest BCUT2D eigenvalue weighted by Crippen LogP contribution is 2.29. The highest BCUT2D eigenvalue weighted by atomic mass is 19.4. The van der Waals surface area contributed by atoms with Gasteiger partial charge in [-0.15, -0.1) is 0 Å². The number of amides is 1. The van der Waals surface area contributed by atoms with Gasteiger partial charge < -0.3 is 11.1 Å². The van der Waals surface area contributed by atoms with Crippen molar-refractivity contribution >= 4 is 17.5 Å². The van der Waals surface area contributed by atoms with E-state index in [1.807, 2.05) is 0 Å². The molecule has 6 nitrogen and oxygen atoms in total. The number of benzene rings is 1. The Morgan fingerprint density at radius 3 is 2.50 bits per heavy atom. The third kappa shape index (κ3) is 3.66. The predicted molar refractivity (Wildman–Crippen MR) is 94.5 cm³/mol. The van der Waals surface area contributed by atoms with Crippen LogP contribution in [0.1, 0.15) is 28.5 Å². The van der Waals surface area contributed by atoms with E-state index in [9.17, 15) is 22.4 Å². The van der Waals surface area contributed by atoms with Crippen molar-refractivity contribution in [1.82, 2.24) is 14.8 Å². The first-order valence-corrected chi connectivity index (χ1v) is 8.19. The van der Waals surface area contributed by atoms with E-state index in [1.54, 1.807) is 13.0 Å². The molecule has 2 aromatic heterocycles. The van der Waals surface area contributed by atoms with Crippen molar-refractivity contribution in [2.75, 3.05) is 11.1 Å². The Morgan fingerprint density at radius 2 is 1.93 bits per heavy atom. The molecule has 1 amide bonds. The summed E-state index contributed by atoms with van der Waals surface area (Å²) in [5, 5.41) is 6.58. The molecule has 0 radical (unpaired) electrons. The number of para-hydroxylation sites is 1. The highest BCUT2D eigenvalue weighted by molar-refractivity contribution is 6.08. The quantitative estimate of drug-likeness (QED) is 0.660. The number of aryl methyl sites for hydroxylation is 1. The number of nitrogens with one attached hydrogen (secondary N) is 1. The molecule has 1 aromatic carbocycles. The molecule has 0 unspecified atom stereocenters. The lowest BCUT2D eigenvalue weighted by Gasteiger charge is -2.09. The Bertz CT molecular complexity index is 1010. The van der Waals surface area contributed by atoms with Gasteiger partial charge in [-0.1, -0.05) is 19.1 Å². The second-order valence-electron chi connectivity index (χ2n) is 5.81. The SMILES string of the molecule is CCc1nn(-c2ccccc2F)c(N)c1C(=O)Nc1ccc(C(F)(F)F)cn1. The van der Waals surface area contributed by atoms with Crippen LogP contribution in [0.15, 0.2) is 42.6 Å². The van der Waals surface area contributed by atoms with E-state index in [2.05, 4.69) is 15.4 Å². The van der Waals surface area contributed by atoms with Crippen molar-refractivity contribution in [2.24, 2.45) is 0 Å². The van der Waals surface area contributed by atoms with Crippen molar-refractivity contribution in [3.05, 3.63) is 65.2 Å². The zero-order chi connectivity index (χ0) is 20.5. The maximum absolute atomic E-state index is 14.1. The largest absolute Gasteiger partial charge is 0.417 e. The molecule has 0 atom stereocenters. The molecule has 3 rings (SSSR count). The van der Waals surface area contributed by atoms with Crippen LogP contribution in [0.4, 0.5) is 29.2 Å².